The molecule has 0 unspecified atom stereocenters. The highest BCUT2D eigenvalue weighted by molar-refractivity contribution is 7.94. The van der Waals surface area contributed by atoms with Crippen molar-refractivity contribution in [1.82, 2.24) is 24.7 Å². The van der Waals surface area contributed by atoms with Crippen molar-refractivity contribution in [3.05, 3.63) is 60.4 Å². The minimum absolute atomic E-state index is 0.185. The molecular weight excluding hydrogens is 440 g/mol. The zero-order chi connectivity index (χ0) is 23.8. The lowest BCUT2D eigenvalue weighted by Crippen LogP contribution is -2.34. The molecule has 0 aliphatic heterocycles. The van der Waals surface area contributed by atoms with Crippen molar-refractivity contribution in [1.29, 1.82) is 0 Å². The van der Waals surface area contributed by atoms with Crippen LogP contribution in [0.25, 0.3) is 22.0 Å². The first-order chi connectivity index (χ1) is 15.6. The predicted octanol–water partition coefficient (Wildman–Crippen LogP) is 3.56. The Kier molecular flexibility index (Phi) is 5.79. The van der Waals surface area contributed by atoms with Crippen LogP contribution in [0.1, 0.15) is 32.2 Å². The Labute approximate surface area is 192 Å². The van der Waals surface area contributed by atoms with Crippen LogP contribution < -0.4 is 9.46 Å². The summed E-state index contributed by atoms with van der Waals surface area (Å²) >= 11 is 0. The number of methoxy groups -OCH3 is 1. The van der Waals surface area contributed by atoms with Gasteiger partial charge in [0.1, 0.15) is 17.1 Å². The molecular formula is C23H26N6O3S. The number of aryl methyl sites for hydroxylation is 1. The number of anilines is 1. The minimum atomic E-state index is -3.65. The fourth-order valence-corrected chi connectivity index (χ4v) is 3.95. The lowest BCUT2D eigenvalue weighted by molar-refractivity contribution is 0.410. The van der Waals surface area contributed by atoms with E-state index in [2.05, 4.69) is 24.8 Å². The van der Waals surface area contributed by atoms with E-state index in [-0.39, 0.29) is 5.82 Å². The van der Waals surface area contributed by atoms with Crippen LogP contribution in [0.4, 0.5) is 5.82 Å². The summed E-state index contributed by atoms with van der Waals surface area (Å²) in [7, 11) is -0.160. The van der Waals surface area contributed by atoms with Gasteiger partial charge in [0, 0.05) is 48.6 Å². The average molecular weight is 467 g/mol. The normalized spacial score (nSPS) is 12.2. The predicted molar refractivity (Wildman–Crippen MR) is 128 cm³/mol. The van der Waals surface area contributed by atoms with Crippen molar-refractivity contribution < 1.29 is 13.2 Å². The molecule has 9 nitrogen and oxygen atoms in total. The van der Waals surface area contributed by atoms with E-state index in [0.29, 0.717) is 28.9 Å². The minimum Gasteiger partial charge on any atom is -0.496 e. The van der Waals surface area contributed by atoms with Crippen LogP contribution in [-0.4, -0.2) is 45.0 Å². The van der Waals surface area contributed by atoms with Gasteiger partial charge in [-0.1, -0.05) is 12.1 Å². The Balaban J connectivity index is 1.68. The van der Waals surface area contributed by atoms with Gasteiger partial charge in [0.25, 0.3) is 0 Å². The maximum absolute atomic E-state index is 12.7. The molecule has 0 radical (unpaired) electrons. The van der Waals surface area contributed by atoms with Crippen molar-refractivity contribution in [2.24, 2.45) is 7.05 Å². The van der Waals surface area contributed by atoms with Gasteiger partial charge in [0.15, 0.2) is 5.82 Å². The summed E-state index contributed by atoms with van der Waals surface area (Å²) in [6.45, 7) is 4.88. The van der Waals surface area contributed by atoms with Crippen LogP contribution in [0.5, 0.6) is 5.75 Å². The number of pyridine rings is 1. The molecule has 3 aromatic heterocycles. The number of ether oxygens (including phenoxy) is 1. The van der Waals surface area contributed by atoms with Gasteiger partial charge < -0.3 is 4.74 Å². The lowest BCUT2D eigenvalue weighted by atomic mass is 10.0. The smallest absolute Gasteiger partial charge is 0.238 e. The molecule has 1 aromatic carbocycles. The van der Waals surface area contributed by atoms with Crippen LogP contribution in [0.2, 0.25) is 0 Å². The van der Waals surface area contributed by atoms with Gasteiger partial charge in [-0.2, -0.15) is 5.10 Å². The second kappa shape index (κ2) is 8.43. The van der Waals surface area contributed by atoms with Gasteiger partial charge in [0.05, 0.1) is 18.1 Å². The van der Waals surface area contributed by atoms with Crippen molar-refractivity contribution in [3.63, 3.8) is 0 Å². The summed E-state index contributed by atoms with van der Waals surface area (Å²) in [6.07, 6.45) is 7.35. The lowest BCUT2D eigenvalue weighted by Gasteiger charge is -2.20. The quantitative estimate of drug-likeness (QED) is 0.462. The van der Waals surface area contributed by atoms with E-state index < -0.39 is 14.8 Å². The molecule has 10 heteroatoms. The zero-order valence-corrected chi connectivity index (χ0v) is 20.0. The summed E-state index contributed by atoms with van der Waals surface area (Å²) in [5.74, 6) is 1.42. The average Bonchev–Trinajstić information content (AvgIpc) is 3.20. The second-order valence-electron chi connectivity index (χ2n) is 8.71. The molecule has 0 bridgehead atoms. The largest absolute Gasteiger partial charge is 0.496 e. The van der Waals surface area contributed by atoms with E-state index in [1.165, 1.54) is 6.20 Å². The van der Waals surface area contributed by atoms with Gasteiger partial charge >= 0.3 is 0 Å². The van der Waals surface area contributed by atoms with E-state index in [9.17, 15) is 8.42 Å². The Morgan fingerprint density at radius 3 is 2.55 bits per heavy atom. The van der Waals surface area contributed by atoms with E-state index in [1.54, 1.807) is 51.0 Å². The van der Waals surface area contributed by atoms with Crippen molar-refractivity contribution in [2.75, 3.05) is 11.8 Å². The van der Waals surface area contributed by atoms with Crippen molar-refractivity contribution >= 4 is 26.7 Å². The number of sulfonamides is 1. The van der Waals surface area contributed by atoms with E-state index in [0.717, 1.165) is 16.7 Å². The fraction of sp³-hybridized carbons (Fsp3) is 0.304. The fourth-order valence-electron chi connectivity index (χ4n) is 3.24. The number of nitrogens with zero attached hydrogens (tertiary/aromatic N) is 5. The Bertz CT molecular complexity index is 1420. The first-order valence-corrected chi connectivity index (χ1v) is 11.8. The standard InChI is InChI=1S/C23H26N6O3S/c1-23(2,3)33(30,31)28-22-21-17(8-9-24-22)12-25-20(27-21)11-16-7-6-15(10-19(16)32-5)18-13-26-29(4)14-18/h6-10,12-14H,11H2,1-5H3,(H,24,28). The van der Waals surface area contributed by atoms with Crippen LogP contribution in [0, 0.1) is 0 Å². The Morgan fingerprint density at radius 1 is 1.09 bits per heavy atom. The number of hydrogen-bond donors (Lipinski definition) is 1. The van der Waals surface area contributed by atoms with Crippen LogP contribution in [0.3, 0.4) is 0 Å². The zero-order valence-electron chi connectivity index (χ0n) is 19.2. The van der Waals surface area contributed by atoms with Crippen LogP contribution in [-0.2, 0) is 23.5 Å². The van der Waals surface area contributed by atoms with E-state index in [4.69, 9.17) is 4.74 Å². The van der Waals surface area contributed by atoms with Crippen molar-refractivity contribution in [2.45, 2.75) is 31.9 Å². The first kappa shape index (κ1) is 22.7. The van der Waals surface area contributed by atoms with E-state index >= 15 is 0 Å². The number of hydrogen-bond acceptors (Lipinski definition) is 7. The van der Waals surface area contributed by atoms with Gasteiger partial charge in [0.2, 0.25) is 10.0 Å². The number of aromatic nitrogens is 5. The molecule has 0 spiro atoms. The number of fused-ring (bicyclic) bond motifs is 1. The molecule has 0 amide bonds. The third kappa shape index (κ3) is 4.65. The third-order valence-electron chi connectivity index (χ3n) is 5.26. The molecule has 0 fully saturated rings. The highest BCUT2D eigenvalue weighted by Crippen LogP contribution is 2.29. The molecule has 4 rings (SSSR count). The van der Waals surface area contributed by atoms with Crippen LogP contribution >= 0.6 is 0 Å². The summed E-state index contributed by atoms with van der Waals surface area (Å²) in [4.78, 5) is 13.3. The monoisotopic (exact) mass is 466 g/mol. The van der Waals surface area contributed by atoms with Crippen molar-refractivity contribution in [3.8, 4) is 16.9 Å². The van der Waals surface area contributed by atoms with E-state index in [1.807, 2.05) is 31.4 Å². The molecule has 1 N–H and O–H groups in total. The summed E-state index contributed by atoms with van der Waals surface area (Å²) in [5, 5.41) is 4.91. The summed E-state index contributed by atoms with van der Waals surface area (Å²) < 4.78 is 34.3. The molecule has 0 atom stereocenters. The maximum Gasteiger partial charge on any atom is 0.238 e. The third-order valence-corrected chi connectivity index (χ3v) is 7.33. The summed E-state index contributed by atoms with van der Waals surface area (Å²) in [6, 6.07) is 7.68. The molecule has 3 heterocycles. The number of rotatable bonds is 6. The molecule has 4 aromatic rings. The molecule has 0 saturated heterocycles. The highest BCUT2D eigenvalue weighted by atomic mass is 32.2. The van der Waals surface area contributed by atoms with Gasteiger partial charge in [-0.25, -0.2) is 23.4 Å². The molecule has 33 heavy (non-hydrogen) atoms. The first-order valence-electron chi connectivity index (χ1n) is 10.4. The summed E-state index contributed by atoms with van der Waals surface area (Å²) in [5.41, 5.74) is 3.34. The molecule has 0 aliphatic carbocycles. The highest BCUT2D eigenvalue weighted by Gasteiger charge is 2.30. The molecule has 0 saturated carbocycles. The maximum atomic E-state index is 12.7. The number of benzene rings is 1. The topological polar surface area (TPSA) is 112 Å². The van der Waals surface area contributed by atoms with Crippen LogP contribution in [0.15, 0.2) is 49.1 Å². The number of nitrogens with one attached hydrogen (secondary N) is 1. The SMILES string of the molecule is COc1cc(-c2cnn(C)c2)ccc1Cc1ncc2ccnc(NS(=O)(=O)C(C)(C)C)c2n1. The Hall–Kier alpha value is -3.53. The van der Waals surface area contributed by atoms with Gasteiger partial charge in [-0.3, -0.25) is 9.40 Å². The second-order valence-corrected chi connectivity index (χ2v) is 11.1. The van der Waals surface area contributed by atoms with Gasteiger partial charge in [-0.15, -0.1) is 0 Å². The molecule has 0 aliphatic rings. The molecule has 172 valence electrons. The van der Waals surface area contributed by atoms with Gasteiger partial charge in [-0.05, 0) is 38.5 Å². The Morgan fingerprint density at radius 2 is 1.88 bits per heavy atom.